The van der Waals surface area contributed by atoms with E-state index in [0.717, 1.165) is 0 Å². The molecule has 0 aliphatic heterocycles. The molecule has 0 N–H and O–H groups in total. The van der Waals surface area contributed by atoms with Gasteiger partial charge in [-0.05, 0) is 0 Å². The smallest absolute Gasteiger partial charge is 0.194 e. The zero-order valence-electron chi connectivity index (χ0n) is 14.7. The quantitative estimate of drug-likeness (QED) is 0.462. The normalized spacial score (nSPS) is 12.7. The number of carbonyl (C=O) groups is 2. The number of carbonyl (C=O) groups excluding carboxylic acids is 2. The van der Waals surface area contributed by atoms with Gasteiger partial charge in [0.2, 0.25) is 0 Å². The molecule has 4 nitrogen and oxygen atoms in total. The second kappa shape index (κ2) is 10.3. The van der Waals surface area contributed by atoms with Crippen molar-refractivity contribution in [1.29, 1.82) is 0 Å². The van der Waals surface area contributed by atoms with Crippen LogP contribution in [0, 0.1) is 10.8 Å². The Morgan fingerprint density at radius 3 is 1.41 bits per heavy atom. The van der Waals surface area contributed by atoms with Crippen LogP contribution >= 0.6 is 31.9 Å². The summed E-state index contributed by atoms with van der Waals surface area (Å²) in [6.45, 7) is 14.4. The monoisotopic (exact) mass is 368 g/mol. The van der Waals surface area contributed by atoms with E-state index >= 15 is 0 Å². The van der Waals surface area contributed by atoms with Gasteiger partial charge in [-0.25, -0.2) is 0 Å². The minimum absolute atomic E-state index is 0.176. The van der Waals surface area contributed by atoms with Gasteiger partial charge in [-0.2, -0.15) is 0 Å². The van der Waals surface area contributed by atoms with Crippen molar-refractivity contribution in [3.63, 3.8) is 0 Å². The van der Waals surface area contributed by atoms with Crippen LogP contribution in [0.15, 0.2) is 0 Å². The van der Waals surface area contributed by atoms with E-state index in [2.05, 4.69) is 0 Å². The highest BCUT2D eigenvalue weighted by molar-refractivity contribution is 8.14. The van der Waals surface area contributed by atoms with Crippen molar-refractivity contribution < 1.29 is 18.6 Å². The number of hydrogen-bond donors (Lipinski definition) is 0. The molecule has 0 atom stereocenters. The molecule has 0 unspecified atom stereocenters. The average molecular weight is 369 g/mol. The van der Waals surface area contributed by atoms with E-state index < -0.39 is 8.38 Å². The van der Waals surface area contributed by atoms with Crippen molar-refractivity contribution in [2.75, 3.05) is 31.4 Å². The van der Waals surface area contributed by atoms with E-state index in [1.807, 2.05) is 48.2 Å². The van der Waals surface area contributed by atoms with Gasteiger partial charge in [-0.1, -0.05) is 65.1 Å². The van der Waals surface area contributed by atoms with Gasteiger partial charge >= 0.3 is 0 Å². The maximum atomic E-state index is 11.7. The summed E-state index contributed by atoms with van der Waals surface area (Å²) < 4.78 is 11.1. The molecule has 0 aliphatic rings. The van der Waals surface area contributed by atoms with Crippen LogP contribution in [0.1, 0.15) is 41.5 Å². The molecule has 0 spiro atoms. The summed E-state index contributed by atoms with van der Waals surface area (Å²) in [7, 11) is -0.948. The Kier molecular flexibility index (Phi) is 10.5. The molecule has 7 heteroatoms. The Morgan fingerprint density at radius 2 is 1.14 bits per heavy atom. The predicted molar refractivity (Wildman–Crippen MR) is 98.6 cm³/mol. The highest BCUT2D eigenvalue weighted by Gasteiger charge is 2.22. The highest BCUT2D eigenvalue weighted by atomic mass is 32.2. The third-order valence-corrected chi connectivity index (χ3v) is 5.99. The Morgan fingerprint density at radius 1 is 0.818 bits per heavy atom. The summed E-state index contributed by atoms with van der Waals surface area (Å²) in [5.41, 5.74) is -0.621. The van der Waals surface area contributed by atoms with Gasteiger partial charge in [0.1, 0.15) is 0 Å². The van der Waals surface area contributed by atoms with Crippen molar-refractivity contribution in [2.24, 2.45) is 10.8 Å². The zero-order chi connectivity index (χ0) is 17.4. The molecule has 0 bridgehead atoms. The Balaban J connectivity index is 3.65. The largest absolute Gasteiger partial charge is 0.333 e. The Hall–Kier alpha value is 0.390. The molecule has 0 saturated carbocycles. The molecular formula is C15H29O4PS2. The predicted octanol–water partition coefficient (Wildman–Crippen LogP) is 4.57. The van der Waals surface area contributed by atoms with Gasteiger partial charge in [0, 0.05) is 29.0 Å². The van der Waals surface area contributed by atoms with Crippen molar-refractivity contribution in [3.05, 3.63) is 0 Å². The van der Waals surface area contributed by atoms with E-state index in [-0.39, 0.29) is 21.1 Å². The van der Waals surface area contributed by atoms with Crippen LogP contribution in [0.25, 0.3) is 0 Å². The van der Waals surface area contributed by atoms with Gasteiger partial charge in [0.05, 0.1) is 13.2 Å². The minimum Gasteiger partial charge on any atom is -0.333 e. The Labute approximate surface area is 144 Å². The molecule has 130 valence electrons. The lowest BCUT2D eigenvalue weighted by Crippen LogP contribution is -2.17. The van der Waals surface area contributed by atoms with Crippen LogP contribution in [0.4, 0.5) is 0 Å². The van der Waals surface area contributed by atoms with Crippen LogP contribution in [0.5, 0.6) is 0 Å². The fourth-order valence-corrected chi connectivity index (χ4v) is 3.66. The Bertz CT molecular complexity index is 328. The summed E-state index contributed by atoms with van der Waals surface area (Å²) in [5, 5.41) is 0.351. The first kappa shape index (κ1) is 22.4. The lowest BCUT2D eigenvalue weighted by molar-refractivity contribution is -0.118. The first-order chi connectivity index (χ1) is 9.94. The summed E-state index contributed by atoms with van der Waals surface area (Å²) in [6.07, 6.45) is 0. The maximum absolute atomic E-state index is 11.7. The second-order valence-electron chi connectivity index (χ2n) is 6.88. The third kappa shape index (κ3) is 11.0. The van der Waals surface area contributed by atoms with Crippen LogP contribution in [-0.4, -0.2) is 41.6 Å². The fraction of sp³-hybridized carbons (Fsp3) is 0.867. The number of rotatable bonds is 8. The van der Waals surface area contributed by atoms with Crippen LogP contribution in [-0.2, 0) is 18.6 Å². The van der Waals surface area contributed by atoms with E-state index in [1.165, 1.54) is 23.5 Å². The SMILES string of the molecule is CP(OCCSC(=O)C(C)(C)C)OCCSC(=O)C(C)(C)C. The molecule has 22 heavy (non-hydrogen) atoms. The van der Waals surface area contributed by atoms with Crippen LogP contribution < -0.4 is 0 Å². The van der Waals surface area contributed by atoms with Crippen molar-refractivity contribution in [2.45, 2.75) is 41.5 Å². The van der Waals surface area contributed by atoms with Gasteiger partial charge < -0.3 is 9.05 Å². The van der Waals surface area contributed by atoms with Crippen molar-refractivity contribution >= 4 is 42.1 Å². The fourth-order valence-electron chi connectivity index (χ4n) is 1.07. The first-order valence-corrected chi connectivity index (χ1v) is 10.9. The molecule has 0 rings (SSSR count). The summed E-state index contributed by atoms with van der Waals surface area (Å²) in [5.74, 6) is 1.28. The lowest BCUT2D eigenvalue weighted by atomic mass is 9.99. The number of thioether (sulfide) groups is 2. The molecule has 0 aromatic heterocycles. The molecule has 0 heterocycles. The summed E-state index contributed by atoms with van der Waals surface area (Å²) in [6, 6.07) is 0. The summed E-state index contributed by atoms with van der Waals surface area (Å²) in [4.78, 5) is 23.4. The topological polar surface area (TPSA) is 52.6 Å². The third-order valence-electron chi connectivity index (χ3n) is 2.40. The molecule has 0 fully saturated rings. The number of hydrogen-bond acceptors (Lipinski definition) is 6. The van der Waals surface area contributed by atoms with Crippen molar-refractivity contribution in [3.8, 4) is 0 Å². The van der Waals surface area contributed by atoms with E-state index in [1.54, 1.807) is 0 Å². The van der Waals surface area contributed by atoms with Crippen LogP contribution in [0.2, 0.25) is 0 Å². The van der Waals surface area contributed by atoms with Gasteiger partial charge in [0.15, 0.2) is 18.6 Å². The average Bonchev–Trinajstić information content (AvgIpc) is 2.36. The van der Waals surface area contributed by atoms with E-state index in [4.69, 9.17) is 9.05 Å². The van der Waals surface area contributed by atoms with E-state index in [0.29, 0.717) is 24.7 Å². The van der Waals surface area contributed by atoms with Gasteiger partial charge in [0.25, 0.3) is 0 Å². The highest BCUT2D eigenvalue weighted by Crippen LogP contribution is 2.34. The summed E-state index contributed by atoms with van der Waals surface area (Å²) >= 11 is 2.60. The van der Waals surface area contributed by atoms with Gasteiger partial charge in [-0.15, -0.1) is 0 Å². The van der Waals surface area contributed by atoms with Crippen molar-refractivity contribution in [1.82, 2.24) is 0 Å². The molecule has 0 radical (unpaired) electrons. The first-order valence-electron chi connectivity index (χ1n) is 7.28. The van der Waals surface area contributed by atoms with Gasteiger partial charge in [-0.3, -0.25) is 9.59 Å². The second-order valence-corrected chi connectivity index (χ2v) is 10.4. The maximum Gasteiger partial charge on any atom is 0.194 e. The molecule has 0 saturated heterocycles. The molecular weight excluding hydrogens is 339 g/mol. The van der Waals surface area contributed by atoms with E-state index in [9.17, 15) is 9.59 Å². The lowest BCUT2D eigenvalue weighted by Gasteiger charge is -2.17. The molecule has 0 aromatic rings. The van der Waals surface area contributed by atoms with Crippen LogP contribution in [0.3, 0.4) is 0 Å². The molecule has 0 amide bonds. The molecule has 0 aliphatic carbocycles. The standard InChI is InChI=1S/C15H29O4PS2/c1-14(2,3)12(16)21-10-8-18-20(7)19-9-11-22-13(17)15(4,5)6/h8-11H2,1-7H3. The minimum atomic E-state index is -0.948. The molecule has 0 aromatic carbocycles. The zero-order valence-corrected chi connectivity index (χ0v) is 17.3.